The fourth-order valence-electron chi connectivity index (χ4n) is 3.50. The van der Waals surface area contributed by atoms with E-state index in [0.29, 0.717) is 39.3 Å². The number of hydrogen-bond acceptors (Lipinski definition) is 9. The maximum atomic E-state index is 12.6. The number of methoxy groups -OCH3 is 1. The van der Waals surface area contributed by atoms with Gasteiger partial charge in [-0.25, -0.2) is 9.59 Å². The summed E-state index contributed by atoms with van der Waals surface area (Å²) in [5.74, 6) is -0.322. The molecular weight excluding hydrogens is 510 g/mol. The fraction of sp³-hybridized carbons (Fsp3) is 0.240. The molecule has 0 unspecified atom stereocenters. The lowest BCUT2D eigenvalue weighted by Crippen LogP contribution is -2.24. The Bertz CT molecular complexity index is 1310. The molecule has 2 heterocycles. The van der Waals surface area contributed by atoms with Crippen LogP contribution in [0.4, 0.5) is 5.00 Å². The van der Waals surface area contributed by atoms with E-state index >= 15 is 0 Å². The number of amides is 1. The zero-order chi connectivity index (χ0) is 25.7. The largest absolute Gasteiger partial charge is 0.480 e. The van der Waals surface area contributed by atoms with Crippen LogP contribution in [0.2, 0.25) is 5.02 Å². The molecule has 36 heavy (non-hydrogen) atoms. The van der Waals surface area contributed by atoms with Crippen LogP contribution in [0.5, 0.6) is 17.2 Å². The van der Waals surface area contributed by atoms with Crippen LogP contribution < -0.4 is 19.5 Å². The molecule has 0 spiro atoms. The minimum absolute atomic E-state index is 0.163. The van der Waals surface area contributed by atoms with E-state index < -0.39 is 31.1 Å². The van der Waals surface area contributed by atoms with Crippen molar-refractivity contribution in [1.29, 1.82) is 0 Å². The molecule has 0 bridgehead atoms. The number of esters is 2. The number of benzene rings is 2. The Morgan fingerprint density at radius 2 is 1.86 bits per heavy atom. The first-order valence-corrected chi connectivity index (χ1v) is 12.0. The summed E-state index contributed by atoms with van der Waals surface area (Å²) < 4.78 is 26.0. The van der Waals surface area contributed by atoms with Crippen molar-refractivity contribution in [2.24, 2.45) is 0 Å². The van der Waals surface area contributed by atoms with Gasteiger partial charge in [0.05, 0.1) is 17.7 Å². The van der Waals surface area contributed by atoms with Gasteiger partial charge >= 0.3 is 11.9 Å². The van der Waals surface area contributed by atoms with Gasteiger partial charge in [0.25, 0.3) is 5.91 Å². The second-order valence-electron chi connectivity index (χ2n) is 7.62. The monoisotopic (exact) mass is 531 g/mol. The number of anilines is 1. The number of ether oxygens (including phenoxy) is 5. The van der Waals surface area contributed by atoms with Crippen LogP contribution in [-0.2, 0) is 25.5 Å². The van der Waals surface area contributed by atoms with Gasteiger partial charge in [-0.15, -0.1) is 11.3 Å². The Labute approximate surface area is 215 Å². The Morgan fingerprint density at radius 3 is 2.64 bits per heavy atom. The first-order chi connectivity index (χ1) is 17.4. The van der Waals surface area contributed by atoms with Gasteiger partial charge in [-0.05, 0) is 48.7 Å². The van der Waals surface area contributed by atoms with E-state index in [9.17, 15) is 14.4 Å². The van der Waals surface area contributed by atoms with Crippen molar-refractivity contribution in [2.45, 2.75) is 13.3 Å². The van der Waals surface area contributed by atoms with Gasteiger partial charge < -0.3 is 29.0 Å². The molecular formula is C25H22ClNO8S. The van der Waals surface area contributed by atoms with Crippen LogP contribution in [0.1, 0.15) is 26.4 Å². The number of carbonyl (C=O) groups excluding carboxylic acids is 3. The SMILES string of the molecule is COC(=O)c1c(NC(=O)COC(=O)COc2ccccc2Cl)sc(C)c1Cc1ccc2c(c1)OCO2. The molecule has 4 rings (SSSR count). The molecule has 0 atom stereocenters. The number of fused-ring (bicyclic) bond motifs is 1. The fourth-order valence-corrected chi connectivity index (χ4v) is 4.77. The van der Waals surface area contributed by atoms with Gasteiger partial charge in [0, 0.05) is 4.88 Å². The molecule has 1 aliphatic rings. The number of rotatable bonds is 9. The molecule has 2 aromatic carbocycles. The molecule has 0 saturated carbocycles. The molecule has 1 aliphatic heterocycles. The number of aryl methyl sites for hydroxylation is 1. The number of thiophene rings is 1. The molecule has 1 aromatic heterocycles. The lowest BCUT2D eigenvalue weighted by molar-refractivity contribution is -0.149. The van der Waals surface area contributed by atoms with Crippen molar-refractivity contribution in [1.82, 2.24) is 0 Å². The van der Waals surface area contributed by atoms with E-state index in [1.165, 1.54) is 18.4 Å². The standard InChI is InChI=1S/C25H22ClNO8S/c1-14-16(9-15-7-8-19-20(10-15)35-13-34-19)23(25(30)31-2)24(36-14)27-21(28)11-33-22(29)12-32-18-6-4-3-5-17(18)26/h3-8,10H,9,11-13H2,1-2H3,(H,27,28). The third-order valence-corrected chi connectivity index (χ3v) is 6.59. The molecule has 0 radical (unpaired) electrons. The second-order valence-corrected chi connectivity index (χ2v) is 9.26. The van der Waals surface area contributed by atoms with Gasteiger partial charge in [0.15, 0.2) is 24.7 Å². The van der Waals surface area contributed by atoms with Crippen molar-refractivity contribution in [3.63, 3.8) is 0 Å². The van der Waals surface area contributed by atoms with Crippen LogP contribution in [0, 0.1) is 6.92 Å². The highest BCUT2D eigenvalue weighted by Gasteiger charge is 2.25. The third-order valence-electron chi connectivity index (χ3n) is 5.22. The zero-order valence-electron chi connectivity index (χ0n) is 19.4. The highest BCUT2D eigenvalue weighted by Crippen LogP contribution is 2.37. The van der Waals surface area contributed by atoms with Gasteiger partial charge in [-0.2, -0.15) is 0 Å². The maximum absolute atomic E-state index is 12.6. The summed E-state index contributed by atoms with van der Waals surface area (Å²) in [6.07, 6.45) is 0.410. The summed E-state index contributed by atoms with van der Waals surface area (Å²) >= 11 is 7.21. The first kappa shape index (κ1) is 25.3. The van der Waals surface area contributed by atoms with Crippen molar-refractivity contribution in [2.75, 3.05) is 32.4 Å². The highest BCUT2D eigenvalue weighted by molar-refractivity contribution is 7.16. The molecule has 0 fully saturated rings. The molecule has 1 N–H and O–H groups in total. The van der Waals surface area contributed by atoms with Gasteiger partial charge in [0.1, 0.15) is 10.8 Å². The third kappa shape index (κ3) is 5.89. The predicted octanol–water partition coefficient (Wildman–Crippen LogP) is 4.38. The number of halogens is 1. The minimum Gasteiger partial charge on any atom is -0.480 e. The molecule has 9 nitrogen and oxygen atoms in total. The Hall–Kier alpha value is -3.76. The number of hydrogen-bond donors (Lipinski definition) is 1. The predicted molar refractivity (Wildman–Crippen MR) is 132 cm³/mol. The smallest absolute Gasteiger partial charge is 0.344 e. The van der Waals surface area contributed by atoms with Crippen LogP contribution in [0.15, 0.2) is 42.5 Å². The summed E-state index contributed by atoms with van der Waals surface area (Å²) in [5, 5.41) is 3.31. The van der Waals surface area contributed by atoms with Gasteiger partial charge in [-0.1, -0.05) is 29.8 Å². The molecule has 11 heteroatoms. The summed E-state index contributed by atoms with van der Waals surface area (Å²) in [6, 6.07) is 12.2. The van der Waals surface area contributed by atoms with E-state index in [0.717, 1.165) is 10.4 Å². The zero-order valence-corrected chi connectivity index (χ0v) is 21.0. The van der Waals surface area contributed by atoms with Crippen molar-refractivity contribution in [3.05, 3.63) is 69.1 Å². The Kier molecular flexibility index (Phi) is 7.97. The summed E-state index contributed by atoms with van der Waals surface area (Å²) in [5.41, 5.74) is 1.86. The van der Waals surface area contributed by atoms with Crippen LogP contribution >= 0.6 is 22.9 Å². The number of nitrogens with one attached hydrogen (secondary N) is 1. The lowest BCUT2D eigenvalue weighted by Gasteiger charge is -2.10. The van der Waals surface area contributed by atoms with Crippen molar-refractivity contribution < 1.29 is 38.1 Å². The van der Waals surface area contributed by atoms with Gasteiger partial charge in [-0.3, -0.25) is 4.79 Å². The molecule has 0 aliphatic carbocycles. The van der Waals surface area contributed by atoms with Crippen LogP contribution in [0.3, 0.4) is 0 Å². The number of para-hydroxylation sites is 1. The van der Waals surface area contributed by atoms with Crippen molar-refractivity contribution in [3.8, 4) is 17.2 Å². The molecule has 3 aromatic rings. The maximum Gasteiger partial charge on any atom is 0.344 e. The lowest BCUT2D eigenvalue weighted by atomic mass is 10.0. The molecule has 0 saturated heterocycles. The Morgan fingerprint density at radius 1 is 1.08 bits per heavy atom. The summed E-state index contributed by atoms with van der Waals surface area (Å²) in [4.78, 5) is 37.9. The van der Waals surface area contributed by atoms with Crippen LogP contribution in [-0.4, -0.2) is 45.0 Å². The summed E-state index contributed by atoms with van der Waals surface area (Å²) in [6.45, 7) is 1.04. The van der Waals surface area contributed by atoms with E-state index in [-0.39, 0.29) is 12.4 Å². The second kappa shape index (κ2) is 11.3. The van der Waals surface area contributed by atoms with E-state index in [1.807, 2.05) is 25.1 Å². The quantitative estimate of drug-likeness (QED) is 0.405. The Balaban J connectivity index is 1.40. The van der Waals surface area contributed by atoms with E-state index in [1.54, 1.807) is 24.3 Å². The van der Waals surface area contributed by atoms with E-state index in [4.69, 9.17) is 35.3 Å². The highest BCUT2D eigenvalue weighted by atomic mass is 35.5. The average Bonchev–Trinajstić information content (AvgIpc) is 3.45. The minimum atomic E-state index is -0.746. The van der Waals surface area contributed by atoms with Crippen LogP contribution in [0.25, 0.3) is 0 Å². The number of carbonyl (C=O) groups is 3. The average molecular weight is 532 g/mol. The summed E-state index contributed by atoms with van der Waals surface area (Å²) in [7, 11) is 1.27. The normalized spacial score (nSPS) is 11.6. The topological polar surface area (TPSA) is 109 Å². The van der Waals surface area contributed by atoms with Crippen molar-refractivity contribution >= 4 is 45.8 Å². The first-order valence-electron chi connectivity index (χ1n) is 10.8. The van der Waals surface area contributed by atoms with Gasteiger partial charge in [0.2, 0.25) is 6.79 Å². The molecule has 188 valence electrons. The molecule has 1 amide bonds. The van der Waals surface area contributed by atoms with E-state index in [2.05, 4.69) is 5.32 Å².